The smallest absolute Gasteiger partial charge is 0.337 e. The van der Waals surface area contributed by atoms with E-state index >= 15 is 0 Å². The normalized spacial score (nSPS) is 10.0. The zero-order valence-corrected chi connectivity index (χ0v) is 15.5. The van der Waals surface area contributed by atoms with Crippen molar-refractivity contribution in [2.45, 2.75) is 0 Å². The van der Waals surface area contributed by atoms with Gasteiger partial charge in [0, 0.05) is 11.1 Å². The fourth-order valence-electron chi connectivity index (χ4n) is 2.67. The molecule has 0 heterocycles. The molecular weight excluding hydrogens is 388 g/mol. The summed E-state index contributed by atoms with van der Waals surface area (Å²) < 4.78 is 4.82. The summed E-state index contributed by atoms with van der Waals surface area (Å²) >= 11 is 0. The maximum absolute atomic E-state index is 12.4. The second-order valence-electron chi connectivity index (χ2n) is 6.05. The summed E-state index contributed by atoms with van der Waals surface area (Å²) in [5, 5.41) is 14.4. The Hall–Kier alpha value is -4.46. The molecule has 0 aliphatic carbocycles. The lowest BCUT2D eigenvalue weighted by Gasteiger charge is -2.10. The minimum absolute atomic E-state index is 0.0296. The molecule has 3 N–H and O–H groups in total. The van der Waals surface area contributed by atoms with Crippen LogP contribution in [0, 0.1) is 0 Å². The lowest BCUT2D eigenvalue weighted by atomic mass is 10.1. The van der Waals surface area contributed by atoms with Crippen molar-refractivity contribution in [3.05, 3.63) is 89.5 Å². The number of carbonyl (C=O) groups is 4. The molecule has 0 fully saturated rings. The second-order valence-corrected chi connectivity index (χ2v) is 6.05. The van der Waals surface area contributed by atoms with Crippen LogP contribution in [0.4, 0.5) is 11.4 Å². The summed E-state index contributed by atoms with van der Waals surface area (Å²) in [5.41, 5.74) is 0.984. The molecule has 3 aromatic carbocycles. The van der Waals surface area contributed by atoms with Crippen molar-refractivity contribution in [1.82, 2.24) is 0 Å². The fraction of sp³-hybridized carbons (Fsp3) is 0. The first-order valence-corrected chi connectivity index (χ1v) is 8.74. The number of aromatic carboxylic acids is 1. The van der Waals surface area contributed by atoms with E-state index in [-0.39, 0.29) is 34.6 Å². The maximum Gasteiger partial charge on any atom is 0.337 e. The number of carboxylic acids is 1. The number of para-hydroxylation sites is 3. The minimum Gasteiger partial charge on any atom is -0.478 e. The molecule has 0 aliphatic heterocycles. The van der Waals surface area contributed by atoms with Crippen molar-refractivity contribution < 1.29 is 29.0 Å². The highest BCUT2D eigenvalue weighted by molar-refractivity contribution is 6.09. The van der Waals surface area contributed by atoms with Gasteiger partial charge < -0.3 is 20.5 Å². The van der Waals surface area contributed by atoms with Crippen LogP contribution >= 0.6 is 0 Å². The van der Waals surface area contributed by atoms with Crippen molar-refractivity contribution in [2.24, 2.45) is 0 Å². The van der Waals surface area contributed by atoms with Crippen LogP contribution in [0.2, 0.25) is 0 Å². The average Bonchev–Trinajstić information content (AvgIpc) is 2.75. The van der Waals surface area contributed by atoms with E-state index in [1.54, 1.807) is 30.3 Å². The number of benzene rings is 3. The van der Waals surface area contributed by atoms with Gasteiger partial charge in [-0.1, -0.05) is 24.3 Å². The first-order chi connectivity index (χ1) is 14.5. The topological polar surface area (TPSA) is 122 Å². The van der Waals surface area contributed by atoms with Gasteiger partial charge >= 0.3 is 5.97 Å². The van der Waals surface area contributed by atoms with Gasteiger partial charge in [-0.3, -0.25) is 14.4 Å². The number of rotatable bonds is 7. The molecule has 2 amide bonds. The molecule has 30 heavy (non-hydrogen) atoms. The third-order valence-electron chi connectivity index (χ3n) is 4.13. The summed E-state index contributed by atoms with van der Waals surface area (Å²) in [4.78, 5) is 46.7. The Balaban J connectivity index is 1.72. The molecule has 0 atom stereocenters. The zero-order valence-electron chi connectivity index (χ0n) is 15.5. The average molecular weight is 404 g/mol. The van der Waals surface area contributed by atoms with E-state index in [1.165, 1.54) is 42.5 Å². The molecule has 0 saturated carbocycles. The number of hydrogen-bond donors (Lipinski definition) is 3. The number of anilines is 2. The summed E-state index contributed by atoms with van der Waals surface area (Å²) in [7, 11) is 0. The highest BCUT2D eigenvalue weighted by Gasteiger charge is 2.14. The highest BCUT2D eigenvalue weighted by atomic mass is 16.5. The van der Waals surface area contributed by atoms with Crippen molar-refractivity contribution in [2.75, 3.05) is 10.6 Å². The molecule has 0 radical (unpaired) electrons. The molecule has 8 heteroatoms. The van der Waals surface area contributed by atoms with Crippen molar-refractivity contribution in [1.29, 1.82) is 0 Å². The lowest BCUT2D eigenvalue weighted by molar-refractivity contribution is -0.120. The molecule has 0 aliphatic rings. The number of amides is 2. The largest absolute Gasteiger partial charge is 0.478 e. The number of carboxylic acid groups (broad SMARTS) is 1. The standard InChI is InChI=1S/C22H16N2O6/c25-13-30-19-8-4-3-7-18(19)24-21(27)15-11-9-14(10-12-15)20(26)23-17-6-2-1-5-16(17)22(28)29/h1-13H,(H,23,26)(H,24,27)(H,28,29). The number of carbonyl (C=O) groups excluding carboxylic acids is 3. The third kappa shape index (κ3) is 4.68. The molecule has 0 bridgehead atoms. The molecule has 0 spiro atoms. The Morgan fingerprint density at radius 3 is 1.80 bits per heavy atom. The second kappa shape index (κ2) is 9.16. The predicted molar refractivity (Wildman–Crippen MR) is 109 cm³/mol. The third-order valence-corrected chi connectivity index (χ3v) is 4.13. The van der Waals surface area contributed by atoms with Gasteiger partial charge in [0.15, 0.2) is 5.75 Å². The molecule has 8 nitrogen and oxygen atoms in total. The van der Waals surface area contributed by atoms with Gasteiger partial charge in [-0.25, -0.2) is 4.79 Å². The van der Waals surface area contributed by atoms with Gasteiger partial charge in [0.05, 0.1) is 16.9 Å². The summed E-state index contributed by atoms with van der Waals surface area (Å²) in [5.74, 6) is -1.92. The minimum atomic E-state index is -1.16. The summed E-state index contributed by atoms with van der Waals surface area (Å²) in [6.07, 6.45) is 0. The lowest BCUT2D eigenvalue weighted by Crippen LogP contribution is -2.16. The number of hydrogen-bond acceptors (Lipinski definition) is 5. The first-order valence-electron chi connectivity index (χ1n) is 8.74. The van der Waals surface area contributed by atoms with Crippen LogP contribution in [0.3, 0.4) is 0 Å². The molecule has 150 valence electrons. The Morgan fingerprint density at radius 1 is 0.733 bits per heavy atom. The first kappa shape index (κ1) is 20.3. The number of ether oxygens (including phenoxy) is 1. The molecule has 0 saturated heterocycles. The molecule has 3 aromatic rings. The van der Waals surface area contributed by atoms with E-state index in [9.17, 15) is 24.3 Å². The fourth-order valence-corrected chi connectivity index (χ4v) is 2.67. The van der Waals surface area contributed by atoms with Gasteiger partial charge in [-0.15, -0.1) is 0 Å². The van der Waals surface area contributed by atoms with Gasteiger partial charge in [0.2, 0.25) is 0 Å². The van der Waals surface area contributed by atoms with Crippen molar-refractivity contribution in [3.63, 3.8) is 0 Å². The number of nitrogens with one attached hydrogen (secondary N) is 2. The Morgan fingerprint density at radius 2 is 1.23 bits per heavy atom. The maximum atomic E-state index is 12.4. The summed E-state index contributed by atoms with van der Waals surface area (Å²) in [6.45, 7) is 0.265. The molecule has 3 rings (SSSR count). The van der Waals surface area contributed by atoms with E-state index in [1.807, 2.05) is 0 Å². The molecular formula is C22H16N2O6. The zero-order chi connectivity index (χ0) is 21.5. The van der Waals surface area contributed by atoms with Crippen molar-refractivity contribution in [3.8, 4) is 5.75 Å². The van der Waals surface area contributed by atoms with Crippen LogP contribution in [0.25, 0.3) is 0 Å². The van der Waals surface area contributed by atoms with Gasteiger partial charge in [-0.05, 0) is 48.5 Å². The van der Waals surface area contributed by atoms with E-state index in [2.05, 4.69) is 10.6 Å². The predicted octanol–water partition coefficient (Wildman–Crippen LogP) is 3.42. The van der Waals surface area contributed by atoms with Crippen LogP contribution in [-0.4, -0.2) is 29.4 Å². The Labute approximate surface area is 171 Å². The highest BCUT2D eigenvalue weighted by Crippen LogP contribution is 2.24. The van der Waals surface area contributed by atoms with Gasteiger partial charge in [-0.2, -0.15) is 0 Å². The SMILES string of the molecule is O=COc1ccccc1NC(=O)c1ccc(C(=O)Nc2ccccc2C(=O)O)cc1. The Kier molecular flexibility index (Phi) is 6.19. The van der Waals surface area contributed by atoms with E-state index in [4.69, 9.17) is 4.74 Å². The van der Waals surface area contributed by atoms with E-state index in [0.29, 0.717) is 5.69 Å². The van der Waals surface area contributed by atoms with Crippen LogP contribution in [-0.2, 0) is 4.79 Å². The van der Waals surface area contributed by atoms with Gasteiger partial charge in [0.25, 0.3) is 18.3 Å². The molecule has 0 aromatic heterocycles. The molecule has 0 unspecified atom stereocenters. The van der Waals surface area contributed by atoms with Crippen LogP contribution < -0.4 is 15.4 Å². The summed E-state index contributed by atoms with van der Waals surface area (Å²) in [6, 6.07) is 18.3. The van der Waals surface area contributed by atoms with Gasteiger partial charge in [0.1, 0.15) is 0 Å². The quantitative estimate of drug-likeness (QED) is 0.519. The van der Waals surface area contributed by atoms with Crippen LogP contribution in [0.5, 0.6) is 5.75 Å². The Bertz CT molecular complexity index is 1110. The van der Waals surface area contributed by atoms with E-state index < -0.39 is 17.8 Å². The monoisotopic (exact) mass is 404 g/mol. The van der Waals surface area contributed by atoms with Crippen LogP contribution in [0.15, 0.2) is 72.8 Å². The van der Waals surface area contributed by atoms with Crippen molar-refractivity contribution >= 4 is 35.6 Å². The van der Waals surface area contributed by atoms with Crippen LogP contribution in [0.1, 0.15) is 31.1 Å². The van der Waals surface area contributed by atoms with E-state index in [0.717, 1.165) is 0 Å².